The van der Waals surface area contributed by atoms with E-state index < -0.39 is 0 Å². The highest BCUT2D eigenvalue weighted by atomic mass is 16.6. The van der Waals surface area contributed by atoms with Gasteiger partial charge in [0.2, 0.25) is 0 Å². The maximum absolute atomic E-state index is 12.6. The van der Waals surface area contributed by atoms with Crippen molar-refractivity contribution >= 4 is 6.03 Å². The van der Waals surface area contributed by atoms with Gasteiger partial charge in [0.15, 0.2) is 11.5 Å². The summed E-state index contributed by atoms with van der Waals surface area (Å²) < 4.78 is 13.1. The monoisotopic (exact) mass is 404 g/mol. The third-order valence-corrected chi connectivity index (χ3v) is 5.44. The Morgan fingerprint density at radius 3 is 2.77 bits per heavy atom. The van der Waals surface area contributed by atoms with E-state index in [1.807, 2.05) is 54.7 Å². The van der Waals surface area contributed by atoms with Gasteiger partial charge < -0.3 is 20.1 Å². The summed E-state index contributed by atoms with van der Waals surface area (Å²) in [7, 11) is 0. The van der Waals surface area contributed by atoms with E-state index >= 15 is 0 Å². The molecule has 0 saturated heterocycles. The van der Waals surface area contributed by atoms with Crippen molar-refractivity contribution in [3.05, 3.63) is 72.1 Å². The summed E-state index contributed by atoms with van der Waals surface area (Å²) in [6.45, 7) is 1.57. The SMILES string of the molecule is O=C(NCc1cccc(-n2cccn2)c1)NC(c1ccc2c(c1)OCCO2)C1CC1. The number of amides is 2. The lowest BCUT2D eigenvalue weighted by Crippen LogP contribution is -2.38. The Morgan fingerprint density at radius 2 is 1.97 bits per heavy atom. The first kappa shape index (κ1) is 18.5. The van der Waals surface area contributed by atoms with E-state index in [0.29, 0.717) is 25.7 Å². The van der Waals surface area contributed by atoms with E-state index in [1.165, 1.54) is 0 Å². The van der Waals surface area contributed by atoms with Gasteiger partial charge in [0.25, 0.3) is 0 Å². The van der Waals surface area contributed by atoms with Crippen LogP contribution in [-0.2, 0) is 6.54 Å². The van der Waals surface area contributed by atoms with Crippen molar-refractivity contribution in [1.82, 2.24) is 20.4 Å². The molecule has 2 N–H and O–H groups in total. The van der Waals surface area contributed by atoms with Crippen molar-refractivity contribution in [3.63, 3.8) is 0 Å². The molecular weight excluding hydrogens is 380 g/mol. The lowest BCUT2D eigenvalue weighted by molar-refractivity contribution is 0.171. The predicted molar refractivity (Wildman–Crippen MR) is 112 cm³/mol. The minimum absolute atomic E-state index is 0.0313. The minimum atomic E-state index is -0.175. The van der Waals surface area contributed by atoms with Crippen molar-refractivity contribution in [1.29, 1.82) is 0 Å². The van der Waals surface area contributed by atoms with Crippen molar-refractivity contribution < 1.29 is 14.3 Å². The third kappa shape index (κ3) is 4.10. The molecule has 1 saturated carbocycles. The van der Waals surface area contributed by atoms with E-state index in [1.54, 1.807) is 10.9 Å². The average Bonchev–Trinajstić information content (AvgIpc) is 3.48. The van der Waals surface area contributed by atoms with Crippen LogP contribution in [0, 0.1) is 5.92 Å². The molecule has 1 aromatic heterocycles. The molecule has 5 rings (SSSR count). The van der Waals surface area contributed by atoms with Crippen LogP contribution in [0.3, 0.4) is 0 Å². The van der Waals surface area contributed by atoms with Gasteiger partial charge in [-0.05, 0) is 60.2 Å². The number of hydrogen-bond donors (Lipinski definition) is 2. The molecule has 0 spiro atoms. The van der Waals surface area contributed by atoms with Gasteiger partial charge in [-0.15, -0.1) is 0 Å². The molecule has 2 aliphatic rings. The standard InChI is InChI=1S/C23H24N4O3/c28-23(24-15-16-3-1-4-19(13-16)27-10-2-9-25-27)26-22(17-5-6-17)18-7-8-20-21(14-18)30-12-11-29-20/h1-4,7-10,13-14,17,22H,5-6,11-12,15H2,(H2,24,26,28). The van der Waals surface area contributed by atoms with Crippen molar-refractivity contribution in [3.8, 4) is 17.2 Å². The van der Waals surface area contributed by atoms with Crippen LogP contribution in [0.4, 0.5) is 4.79 Å². The molecule has 2 aromatic carbocycles. The maximum Gasteiger partial charge on any atom is 0.315 e. The zero-order valence-electron chi connectivity index (χ0n) is 16.6. The normalized spacial score (nSPS) is 16.0. The van der Waals surface area contributed by atoms with Crippen molar-refractivity contribution in [2.75, 3.05) is 13.2 Å². The summed E-state index contributed by atoms with van der Waals surface area (Å²) in [4.78, 5) is 12.6. The molecule has 1 atom stereocenters. The van der Waals surface area contributed by atoms with Crippen molar-refractivity contribution in [2.24, 2.45) is 5.92 Å². The van der Waals surface area contributed by atoms with Crippen LogP contribution in [-0.4, -0.2) is 29.0 Å². The molecule has 7 heteroatoms. The number of nitrogens with zero attached hydrogens (tertiary/aromatic N) is 2. The first-order valence-electron chi connectivity index (χ1n) is 10.3. The summed E-state index contributed by atoms with van der Waals surface area (Å²) >= 11 is 0. The van der Waals surface area contributed by atoms with Gasteiger partial charge >= 0.3 is 6.03 Å². The number of rotatable bonds is 6. The summed E-state index contributed by atoms with van der Waals surface area (Å²) in [6, 6.07) is 15.6. The first-order valence-corrected chi connectivity index (χ1v) is 10.3. The molecule has 30 heavy (non-hydrogen) atoms. The fraction of sp³-hybridized carbons (Fsp3) is 0.304. The fourth-order valence-corrected chi connectivity index (χ4v) is 3.76. The molecule has 2 heterocycles. The number of fused-ring (bicyclic) bond motifs is 1. The Morgan fingerprint density at radius 1 is 1.10 bits per heavy atom. The van der Waals surface area contributed by atoms with Crippen LogP contribution in [0.2, 0.25) is 0 Å². The van der Waals surface area contributed by atoms with Gasteiger partial charge in [-0.1, -0.05) is 18.2 Å². The number of hydrogen-bond acceptors (Lipinski definition) is 4. The van der Waals surface area contributed by atoms with E-state index in [-0.39, 0.29) is 12.1 Å². The Hall–Kier alpha value is -3.48. The summed E-state index contributed by atoms with van der Waals surface area (Å²) in [5.41, 5.74) is 3.03. The average molecular weight is 404 g/mol. The summed E-state index contributed by atoms with van der Waals surface area (Å²) in [6.07, 6.45) is 5.87. The quantitative estimate of drug-likeness (QED) is 0.658. The summed E-state index contributed by atoms with van der Waals surface area (Å²) in [5, 5.41) is 10.4. The Kier molecular flexibility index (Phi) is 5.01. The molecule has 0 bridgehead atoms. The maximum atomic E-state index is 12.6. The van der Waals surface area contributed by atoms with Crippen LogP contribution in [0.5, 0.6) is 11.5 Å². The molecule has 1 fully saturated rings. The van der Waals surface area contributed by atoms with Crippen LogP contribution in [0.15, 0.2) is 60.9 Å². The van der Waals surface area contributed by atoms with Gasteiger partial charge in [0.05, 0.1) is 11.7 Å². The predicted octanol–water partition coefficient (Wildman–Crippen LogP) is 3.59. The number of urea groups is 1. The van der Waals surface area contributed by atoms with E-state index in [9.17, 15) is 4.79 Å². The Labute approximate surface area is 175 Å². The lowest BCUT2D eigenvalue weighted by atomic mass is 10.0. The van der Waals surface area contributed by atoms with E-state index in [0.717, 1.165) is 41.2 Å². The third-order valence-electron chi connectivity index (χ3n) is 5.44. The van der Waals surface area contributed by atoms with E-state index in [4.69, 9.17) is 9.47 Å². The van der Waals surface area contributed by atoms with Crippen LogP contribution in [0.1, 0.15) is 30.0 Å². The van der Waals surface area contributed by atoms with E-state index in [2.05, 4.69) is 15.7 Å². The summed E-state index contributed by atoms with van der Waals surface area (Å²) in [5.74, 6) is 1.98. The Balaban J connectivity index is 1.23. The number of aromatic nitrogens is 2. The number of carbonyl (C=O) groups is 1. The molecule has 7 nitrogen and oxygen atoms in total. The van der Waals surface area contributed by atoms with Gasteiger partial charge in [0, 0.05) is 18.9 Å². The molecule has 1 aliphatic heterocycles. The smallest absolute Gasteiger partial charge is 0.315 e. The molecule has 0 radical (unpaired) electrons. The van der Waals surface area contributed by atoms with Crippen LogP contribution in [0.25, 0.3) is 5.69 Å². The first-order chi connectivity index (χ1) is 14.8. The highest BCUT2D eigenvalue weighted by molar-refractivity contribution is 5.74. The van der Waals surface area contributed by atoms with Crippen molar-refractivity contribution in [2.45, 2.75) is 25.4 Å². The second kappa shape index (κ2) is 8.10. The van der Waals surface area contributed by atoms with Gasteiger partial charge in [-0.3, -0.25) is 0 Å². The fourth-order valence-electron chi connectivity index (χ4n) is 3.76. The molecule has 154 valence electrons. The zero-order valence-corrected chi connectivity index (χ0v) is 16.6. The molecule has 1 unspecified atom stereocenters. The second-order valence-corrected chi connectivity index (χ2v) is 7.67. The largest absolute Gasteiger partial charge is 0.486 e. The molecule has 2 amide bonds. The number of ether oxygens (including phenoxy) is 2. The van der Waals surface area contributed by atoms with Gasteiger partial charge in [0.1, 0.15) is 13.2 Å². The van der Waals surface area contributed by atoms with Crippen LogP contribution < -0.4 is 20.1 Å². The highest BCUT2D eigenvalue weighted by Gasteiger charge is 2.34. The lowest BCUT2D eigenvalue weighted by Gasteiger charge is -2.23. The molecular formula is C23H24N4O3. The number of benzene rings is 2. The van der Waals surface area contributed by atoms with Gasteiger partial charge in [-0.25, -0.2) is 9.48 Å². The molecule has 3 aromatic rings. The number of carbonyl (C=O) groups excluding carboxylic acids is 1. The topological polar surface area (TPSA) is 77.4 Å². The Bertz CT molecular complexity index is 1030. The van der Waals surface area contributed by atoms with Gasteiger partial charge in [-0.2, -0.15) is 5.10 Å². The number of nitrogens with one attached hydrogen (secondary N) is 2. The molecule has 1 aliphatic carbocycles. The minimum Gasteiger partial charge on any atom is -0.486 e. The zero-order chi connectivity index (χ0) is 20.3. The highest BCUT2D eigenvalue weighted by Crippen LogP contribution is 2.43. The second-order valence-electron chi connectivity index (χ2n) is 7.67. The van der Waals surface area contributed by atoms with Crippen LogP contribution >= 0.6 is 0 Å².